The lowest BCUT2D eigenvalue weighted by atomic mass is 10.1. The lowest BCUT2D eigenvalue weighted by molar-refractivity contribution is 0.0895. The molecule has 1 fully saturated rings. The third-order valence-corrected chi connectivity index (χ3v) is 9.85. The molecule has 3 aromatic carbocycles. The van der Waals surface area contributed by atoms with Crippen LogP contribution in [0.5, 0.6) is 23.0 Å². The van der Waals surface area contributed by atoms with E-state index >= 15 is 0 Å². The normalized spacial score (nSPS) is 13.7. The first-order valence-corrected chi connectivity index (χ1v) is 19.4. The second-order valence-corrected chi connectivity index (χ2v) is 18.5. The predicted molar refractivity (Wildman–Crippen MR) is 181 cm³/mol. The van der Waals surface area contributed by atoms with Gasteiger partial charge in [-0.15, -0.1) is 0 Å². The van der Waals surface area contributed by atoms with Crippen LogP contribution in [0.15, 0.2) is 71.7 Å². The number of fused-ring (bicyclic) bond motifs is 1. The van der Waals surface area contributed by atoms with Crippen LogP contribution in [-0.4, -0.2) is 51.5 Å². The zero-order valence-corrected chi connectivity index (χ0v) is 28.3. The van der Waals surface area contributed by atoms with E-state index in [1.807, 2.05) is 66.9 Å². The Morgan fingerprint density at radius 1 is 0.778 bits per heavy atom. The van der Waals surface area contributed by atoms with Crippen molar-refractivity contribution >= 4 is 19.0 Å². The Hall–Kier alpha value is -3.79. The molecule has 0 radical (unpaired) electrons. The second-order valence-electron chi connectivity index (χ2n) is 12.9. The van der Waals surface area contributed by atoms with Crippen molar-refractivity contribution in [3.63, 3.8) is 0 Å². The van der Waals surface area contributed by atoms with Crippen LogP contribution in [0.1, 0.15) is 29.5 Å². The largest absolute Gasteiger partial charge is 0.497 e. The minimum atomic E-state index is -1.24. The van der Waals surface area contributed by atoms with Gasteiger partial charge in [0.25, 0.3) is 0 Å². The fraction of sp³-hybridized carbons (Fsp3) is 0.417. The summed E-state index contributed by atoms with van der Waals surface area (Å²) in [6, 6.07) is 20.4. The quantitative estimate of drug-likeness (QED) is 0.103. The van der Waals surface area contributed by atoms with Gasteiger partial charge in [-0.1, -0.05) is 43.9 Å². The van der Waals surface area contributed by atoms with Crippen molar-refractivity contribution < 1.29 is 23.7 Å². The third-order valence-electron chi connectivity index (χ3n) is 8.15. The topological polar surface area (TPSA) is 71.4 Å². The van der Waals surface area contributed by atoms with E-state index in [2.05, 4.69) is 29.1 Å². The van der Waals surface area contributed by atoms with Gasteiger partial charge in [-0.25, -0.2) is 0 Å². The van der Waals surface area contributed by atoms with Crippen LogP contribution in [0.3, 0.4) is 0 Å². The Balaban J connectivity index is 1.51. The van der Waals surface area contributed by atoms with Crippen LogP contribution >= 0.6 is 0 Å². The maximum Gasteiger partial charge on any atom is 0.194 e. The Morgan fingerprint density at radius 3 is 1.87 bits per heavy atom. The Kier molecular flexibility index (Phi) is 10.9. The maximum absolute atomic E-state index is 14.0. The van der Waals surface area contributed by atoms with Crippen molar-refractivity contribution in [2.45, 2.75) is 65.0 Å². The first-order chi connectivity index (χ1) is 21.7. The Bertz CT molecular complexity index is 1610. The van der Waals surface area contributed by atoms with Gasteiger partial charge in [0.2, 0.25) is 0 Å². The highest BCUT2D eigenvalue weighted by atomic mass is 28.3. The van der Waals surface area contributed by atoms with E-state index in [1.54, 1.807) is 14.2 Å². The molecule has 45 heavy (non-hydrogen) atoms. The predicted octanol–water partition coefficient (Wildman–Crippen LogP) is 7.08. The second kappa shape index (κ2) is 15.0. The highest BCUT2D eigenvalue weighted by Crippen LogP contribution is 2.34. The molecule has 0 amide bonds. The molecule has 0 aliphatic carbocycles. The van der Waals surface area contributed by atoms with Gasteiger partial charge in [0, 0.05) is 44.4 Å². The molecule has 1 aromatic heterocycles. The minimum absolute atomic E-state index is 0.0197. The molecular formula is C36H46N2O6Si. The number of aromatic nitrogens is 1. The number of nitrogens with zero attached hydrogens (tertiary/aromatic N) is 2. The lowest BCUT2D eigenvalue weighted by Gasteiger charge is -2.21. The highest BCUT2D eigenvalue weighted by Gasteiger charge is 2.19. The van der Waals surface area contributed by atoms with E-state index in [0.29, 0.717) is 50.0 Å². The molecule has 1 aliphatic heterocycles. The summed E-state index contributed by atoms with van der Waals surface area (Å²) in [4.78, 5) is 16.3. The molecule has 0 saturated carbocycles. The van der Waals surface area contributed by atoms with E-state index in [-0.39, 0.29) is 5.43 Å². The van der Waals surface area contributed by atoms with Crippen molar-refractivity contribution in [2.24, 2.45) is 0 Å². The number of pyridine rings is 1. The van der Waals surface area contributed by atoms with Crippen LogP contribution in [-0.2, 0) is 31.2 Å². The lowest BCUT2D eigenvalue weighted by Crippen LogP contribution is -2.25. The average molecular weight is 631 g/mol. The first-order valence-electron chi connectivity index (χ1n) is 15.7. The number of benzene rings is 3. The highest BCUT2D eigenvalue weighted by molar-refractivity contribution is 6.76. The molecule has 2 heterocycles. The van der Waals surface area contributed by atoms with Gasteiger partial charge in [-0.3, -0.25) is 9.69 Å². The summed E-state index contributed by atoms with van der Waals surface area (Å²) in [6.07, 6.45) is 4.31. The van der Waals surface area contributed by atoms with Gasteiger partial charge >= 0.3 is 0 Å². The van der Waals surface area contributed by atoms with Crippen LogP contribution < -0.4 is 24.4 Å². The maximum atomic E-state index is 14.0. The summed E-state index contributed by atoms with van der Waals surface area (Å²) >= 11 is 0. The molecule has 8 nitrogen and oxygen atoms in total. The molecule has 0 atom stereocenters. The fourth-order valence-electron chi connectivity index (χ4n) is 5.39. The molecule has 0 spiro atoms. The molecule has 0 unspecified atom stereocenters. The smallest absolute Gasteiger partial charge is 0.194 e. The van der Waals surface area contributed by atoms with Crippen molar-refractivity contribution in [2.75, 3.05) is 33.9 Å². The van der Waals surface area contributed by atoms with Crippen LogP contribution in [0.4, 0.5) is 0 Å². The number of methoxy groups -OCH3 is 2. The van der Waals surface area contributed by atoms with E-state index in [0.717, 1.165) is 52.8 Å². The number of rotatable bonds is 15. The zero-order chi connectivity index (χ0) is 31.8. The molecule has 240 valence electrons. The van der Waals surface area contributed by atoms with Crippen molar-refractivity contribution in [3.8, 4) is 23.0 Å². The summed E-state index contributed by atoms with van der Waals surface area (Å²) in [5, 5.41) is 0.599. The number of hydrogen-bond acceptors (Lipinski definition) is 7. The van der Waals surface area contributed by atoms with Crippen molar-refractivity contribution in [1.82, 2.24) is 9.47 Å². The summed E-state index contributed by atoms with van der Waals surface area (Å²) < 4.78 is 31.6. The molecule has 4 aromatic rings. The SMILES string of the molecule is COc1ccc(COc2cc3c(=O)c(CN4CCCC4)cn(COCC[Si](C)(C)C)c3cc2OCc2ccc(OC)cc2)cc1. The summed E-state index contributed by atoms with van der Waals surface area (Å²) in [5.41, 5.74) is 3.52. The molecular weight excluding hydrogens is 584 g/mol. The van der Waals surface area contributed by atoms with Crippen LogP contribution in [0.2, 0.25) is 25.7 Å². The van der Waals surface area contributed by atoms with Crippen molar-refractivity contribution in [1.29, 1.82) is 0 Å². The number of hydrogen-bond donors (Lipinski definition) is 0. The molecule has 1 aliphatic rings. The van der Waals surface area contributed by atoms with Gasteiger partial charge < -0.3 is 28.3 Å². The Labute approximate surface area is 267 Å². The fourth-order valence-corrected chi connectivity index (χ4v) is 6.15. The van der Waals surface area contributed by atoms with Crippen LogP contribution in [0, 0.1) is 0 Å². The van der Waals surface area contributed by atoms with Crippen LogP contribution in [0.25, 0.3) is 10.9 Å². The average Bonchev–Trinajstić information content (AvgIpc) is 3.56. The first kappa shape index (κ1) is 32.6. The Morgan fingerprint density at radius 2 is 1.33 bits per heavy atom. The molecule has 0 N–H and O–H groups in total. The van der Waals surface area contributed by atoms with Gasteiger partial charge in [-0.2, -0.15) is 0 Å². The molecule has 5 rings (SSSR count). The molecule has 1 saturated heterocycles. The molecule has 0 bridgehead atoms. The number of ether oxygens (including phenoxy) is 5. The van der Waals surface area contributed by atoms with E-state index in [4.69, 9.17) is 23.7 Å². The summed E-state index contributed by atoms with van der Waals surface area (Å²) in [5.74, 6) is 2.66. The number of likely N-dealkylation sites (tertiary alicyclic amines) is 1. The zero-order valence-electron chi connectivity index (χ0n) is 27.3. The summed E-state index contributed by atoms with van der Waals surface area (Å²) in [7, 11) is 2.05. The van der Waals surface area contributed by atoms with E-state index in [9.17, 15) is 4.79 Å². The standard InChI is InChI=1S/C36H46N2O6Si/c1-40-30-12-8-27(9-13-30)24-43-34-20-32-33(21-35(34)44-25-28-10-14-31(41-2)15-11-28)38(26-42-18-19-45(3,4)5)23-29(36(32)39)22-37-16-6-7-17-37/h8-15,20-21,23H,6-7,16-19,22,24-26H2,1-5H3. The minimum Gasteiger partial charge on any atom is -0.497 e. The van der Waals surface area contributed by atoms with Crippen molar-refractivity contribution in [3.05, 3.63) is 93.8 Å². The van der Waals surface area contributed by atoms with E-state index in [1.165, 1.54) is 12.8 Å². The van der Waals surface area contributed by atoms with Gasteiger partial charge in [0.1, 0.15) is 31.4 Å². The third kappa shape index (κ3) is 8.90. The van der Waals surface area contributed by atoms with Gasteiger partial charge in [0.05, 0.1) is 19.7 Å². The molecule has 9 heteroatoms. The van der Waals surface area contributed by atoms with E-state index < -0.39 is 8.07 Å². The van der Waals surface area contributed by atoms with Gasteiger partial charge in [-0.05, 0) is 73.4 Å². The monoisotopic (exact) mass is 630 g/mol. The summed E-state index contributed by atoms with van der Waals surface area (Å²) in [6.45, 7) is 11.4. The van der Waals surface area contributed by atoms with Gasteiger partial charge in [0.15, 0.2) is 16.9 Å².